The van der Waals surface area contributed by atoms with E-state index in [0.717, 1.165) is 36.8 Å². The fourth-order valence-corrected chi connectivity index (χ4v) is 2.75. The van der Waals surface area contributed by atoms with E-state index in [4.69, 9.17) is 0 Å². The SMILES string of the molecule is CCNC(=NCCCn1c(C)nc2ccccc21)NCCC(=O)N(C)C. The highest BCUT2D eigenvalue weighted by atomic mass is 16.2. The van der Waals surface area contributed by atoms with Gasteiger partial charge in [-0.05, 0) is 32.4 Å². The summed E-state index contributed by atoms with van der Waals surface area (Å²) in [4.78, 5) is 22.4. The van der Waals surface area contributed by atoms with Crippen LogP contribution in [0, 0.1) is 6.92 Å². The zero-order chi connectivity index (χ0) is 18.9. The lowest BCUT2D eigenvalue weighted by molar-refractivity contribution is -0.128. The Hall–Kier alpha value is -2.57. The van der Waals surface area contributed by atoms with Gasteiger partial charge in [0.2, 0.25) is 5.91 Å². The molecule has 7 nitrogen and oxygen atoms in total. The predicted octanol–water partition coefficient (Wildman–Crippen LogP) is 1.77. The second kappa shape index (κ2) is 9.79. The highest BCUT2D eigenvalue weighted by molar-refractivity contribution is 5.81. The molecule has 26 heavy (non-hydrogen) atoms. The molecule has 0 saturated heterocycles. The minimum Gasteiger partial charge on any atom is -0.357 e. The van der Waals surface area contributed by atoms with E-state index in [1.54, 1.807) is 19.0 Å². The van der Waals surface area contributed by atoms with E-state index in [0.29, 0.717) is 19.5 Å². The zero-order valence-electron chi connectivity index (χ0n) is 16.2. The Morgan fingerprint density at radius 2 is 2.04 bits per heavy atom. The van der Waals surface area contributed by atoms with Crippen molar-refractivity contribution in [1.29, 1.82) is 0 Å². The number of imidazole rings is 1. The first kappa shape index (κ1) is 19.8. The molecule has 0 aliphatic heterocycles. The van der Waals surface area contributed by atoms with Crippen LogP contribution in [-0.4, -0.2) is 60.0 Å². The summed E-state index contributed by atoms with van der Waals surface area (Å²) in [6.07, 6.45) is 1.38. The number of aryl methyl sites for hydroxylation is 2. The van der Waals surface area contributed by atoms with Gasteiger partial charge in [0.05, 0.1) is 11.0 Å². The molecular formula is C19H30N6O. The maximum atomic E-state index is 11.6. The minimum absolute atomic E-state index is 0.107. The number of hydrogen-bond acceptors (Lipinski definition) is 3. The topological polar surface area (TPSA) is 74.5 Å². The van der Waals surface area contributed by atoms with E-state index in [9.17, 15) is 4.79 Å². The van der Waals surface area contributed by atoms with E-state index in [1.165, 1.54) is 5.52 Å². The van der Waals surface area contributed by atoms with Crippen LogP contribution >= 0.6 is 0 Å². The van der Waals surface area contributed by atoms with Crippen molar-refractivity contribution in [2.24, 2.45) is 4.99 Å². The van der Waals surface area contributed by atoms with Gasteiger partial charge in [-0.1, -0.05) is 12.1 Å². The number of hydrogen-bond donors (Lipinski definition) is 2. The van der Waals surface area contributed by atoms with Crippen molar-refractivity contribution in [2.75, 3.05) is 33.7 Å². The van der Waals surface area contributed by atoms with Crippen LogP contribution in [-0.2, 0) is 11.3 Å². The number of benzene rings is 1. The largest absolute Gasteiger partial charge is 0.357 e. The molecule has 0 spiro atoms. The molecule has 0 bridgehead atoms. The molecule has 1 aromatic heterocycles. The lowest BCUT2D eigenvalue weighted by Gasteiger charge is -2.13. The summed E-state index contributed by atoms with van der Waals surface area (Å²) >= 11 is 0. The fraction of sp³-hybridized carbons (Fsp3) is 0.526. The lowest BCUT2D eigenvalue weighted by Crippen LogP contribution is -2.39. The van der Waals surface area contributed by atoms with Crippen LogP contribution in [0.4, 0.5) is 0 Å². The molecule has 0 saturated carbocycles. The molecule has 0 aliphatic carbocycles. The maximum absolute atomic E-state index is 11.6. The number of carbonyl (C=O) groups excluding carboxylic acids is 1. The molecule has 0 aliphatic rings. The van der Waals surface area contributed by atoms with Crippen LogP contribution in [0.15, 0.2) is 29.3 Å². The number of fused-ring (bicyclic) bond motifs is 1. The van der Waals surface area contributed by atoms with Gasteiger partial charge in [-0.25, -0.2) is 4.98 Å². The molecule has 2 aromatic rings. The van der Waals surface area contributed by atoms with Gasteiger partial charge in [0.1, 0.15) is 5.82 Å². The number of para-hydroxylation sites is 2. The third-order valence-corrected chi connectivity index (χ3v) is 4.13. The zero-order valence-corrected chi connectivity index (χ0v) is 16.2. The van der Waals surface area contributed by atoms with Crippen LogP contribution < -0.4 is 10.6 Å². The van der Waals surface area contributed by atoms with Gasteiger partial charge in [-0.3, -0.25) is 9.79 Å². The van der Waals surface area contributed by atoms with Crippen molar-refractivity contribution in [3.63, 3.8) is 0 Å². The molecule has 2 N–H and O–H groups in total. The Morgan fingerprint density at radius 3 is 2.77 bits per heavy atom. The summed E-state index contributed by atoms with van der Waals surface area (Å²) in [5.41, 5.74) is 2.20. The number of nitrogens with zero attached hydrogens (tertiary/aromatic N) is 4. The van der Waals surface area contributed by atoms with E-state index < -0.39 is 0 Å². The number of nitrogens with one attached hydrogen (secondary N) is 2. The molecule has 142 valence electrons. The Kier molecular flexibility index (Phi) is 7.44. The second-order valence-corrected chi connectivity index (χ2v) is 6.38. The Morgan fingerprint density at radius 1 is 1.27 bits per heavy atom. The highest BCUT2D eigenvalue weighted by Crippen LogP contribution is 2.15. The van der Waals surface area contributed by atoms with Crippen molar-refractivity contribution in [1.82, 2.24) is 25.1 Å². The van der Waals surface area contributed by atoms with E-state index in [2.05, 4.69) is 31.2 Å². The first-order valence-electron chi connectivity index (χ1n) is 9.17. The molecule has 0 fully saturated rings. The normalized spacial score (nSPS) is 11.6. The third-order valence-electron chi connectivity index (χ3n) is 4.13. The smallest absolute Gasteiger partial charge is 0.223 e. The van der Waals surface area contributed by atoms with E-state index in [1.807, 2.05) is 32.0 Å². The number of aliphatic imine (C=N–C) groups is 1. The van der Waals surface area contributed by atoms with Crippen LogP contribution in [0.5, 0.6) is 0 Å². The molecule has 0 unspecified atom stereocenters. The summed E-state index contributed by atoms with van der Waals surface area (Å²) in [5.74, 6) is 1.89. The van der Waals surface area contributed by atoms with Gasteiger partial charge in [0.25, 0.3) is 0 Å². The lowest BCUT2D eigenvalue weighted by atomic mass is 10.3. The standard InChI is InChI=1S/C19H30N6O/c1-5-20-19(22-13-11-18(26)24(3)4)21-12-8-14-25-15(2)23-16-9-6-7-10-17(16)25/h6-7,9-10H,5,8,11-14H2,1-4H3,(H2,20,21,22). The first-order valence-corrected chi connectivity index (χ1v) is 9.17. The molecule has 1 aromatic carbocycles. The predicted molar refractivity (Wildman–Crippen MR) is 106 cm³/mol. The van der Waals surface area contributed by atoms with E-state index >= 15 is 0 Å². The summed E-state index contributed by atoms with van der Waals surface area (Å²) in [6, 6.07) is 8.20. The van der Waals surface area contributed by atoms with Crippen molar-refractivity contribution in [3.05, 3.63) is 30.1 Å². The van der Waals surface area contributed by atoms with Crippen molar-refractivity contribution in [2.45, 2.75) is 33.2 Å². The van der Waals surface area contributed by atoms with Crippen LogP contribution in [0.25, 0.3) is 11.0 Å². The fourth-order valence-electron chi connectivity index (χ4n) is 2.75. The molecule has 7 heteroatoms. The maximum Gasteiger partial charge on any atom is 0.223 e. The molecule has 0 atom stereocenters. The van der Waals surface area contributed by atoms with Crippen molar-refractivity contribution < 1.29 is 4.79 Å². The van der Waals surface area contributed by atoms with Gasteiger partial charge in [-0.15, -0.1) is 0 Å². The second-order valence-electron chi connectivity index (χ2n) is 6.38. The Balaban J connectivity index is 1.85. The molecule has 1 amide bonds. The first-order chi connectivity index (χ1) is 12.5. The van der Waals surface area contributed by atoms with Gasteiger partial charge < -0.3 is 20.1 Å². The van der Waals surface area contributed by atoms with Gasteiger partial charge in [0, 0.05) is 46.7 Å². The number of aromatic nitrogens is 2. The van der Waals surface area contributed by atoms with Crippen LogP contribution in [0.3, 0.4) is 0 Å². The quantitative estimate of drug-likeness (QED) is 0.428. The number of rotatable bonds is 8. The average Bonchev–Trinajstić information content (AvgIpc) is 2.93. The summed E-state index contributed by atoms with van der Waals surface area (Å²) < 4.78 is 2.24. The average molecular weight is 358 g/mol. The van der Waals surface area contributed by atoms with E-state index in [-0.39, 0.29) is 5.91 Å². The van der Waals surface area contributed by atoms with Crippen LogP contribution in [0.2, 0.25) is 0 Å². The number of amides is 1. The highest BCUT2D eigenvalue weighted by Gasteiger charge is 2.06. The van der Waals surface area contributed by atoms with Gasteiger partial charge in [0.15, 0.2) is 5.96 Å². The van der Waals surface area contributed by atoms with Gasteiger partial charge in [-0.2, -0.15) is 0 Å². The van der Waals surface area contributed by atoms with Crippen molar-refractivity contribution >= 4 is 22.9 Å². The molecular weight excluding hydrogens is 328 g/mol. The molecule has 0 radical (unpaired) electrons. The summed E-state index contributed by atoms with van der Waals surface area (Å²) in [5, 5.41) is 6.43. The van der Waals surface area contributed by atoms with Gasteiger partial charge >= 0.3 is 0 Å². The number of carbonyl (C=O) groups is 1. The Labute approximate surface area is 155 Å². The third kappa shape index (κ3) is 5.47. The summed E-state index contributed by atoms with van der Waals surface area (Å²) in [6.45, 7) is 7.03. The monoisotopic (exact) mass is 358 g/mol. The summed E-state index contributed by atoms with van der Waals surface area (Å²) in [7, 11) is 3.53. The molecule has 1 heterocycles. The number of guanidine groups is 1. The molecule has 2 rings (SSSR count). The van der Waals surface area contributed by atoms with Crippen molar-refractivity contribution in [3.8, 4) is 0 Å². The Bertz CT molecular complexity index is 750. The minimum atomic E-state index is 0.107. The van der Waals surface area contributed by atoms with Crippen LogP contribution in [0.1, 0.15) is 25.6 Å².